The lowest BCUT2D eigenvalue weighted by molar-refractivity contribution is -0.146. The summed E-state index contributed by atoms with van der Waals surface area (Å²) in [5.74, 6) is -0.745. The molecule has 5 heteroatoms. The van der Waals surface area contributed by atoms with Crippen molar-refractivity contribution in [3.8, 4) is 0 Å². The quantitative estimate of drug-likeness (QED) is 0.416. The first kappa shape index (κ1) is 18.3. The highest BCUT2D eigenvalue weighted by molar-refractivity contribution is 8.00. The van der Waals surface area contributed by atoms with Gasteiger partial charge in [-0.15, -0.1) is 11.8 Å². The molecule has 4 nitrogen and oxygen atoms in total. The number of carbonyl (C=O) groups is 2. The highest BCUT2D eigenvalue weighted by Crippen LogP contribution is 2.24. The molecule has 0 aliphatic carbocycles. The van der Waals surface area contributed by atoms with Crippen LogP contribution in [0, 0.1) is 0 Å². The van der Waals surface area contributed by atoms with Crippen molar-refractivity contribution in [2.45, 2.75) is 42.9 Å². The van der Waals surface area contributed by atoms with Gasteiger partial charge >= 0.3 is 11.9 Å². The van der Waals surface area contributed by atoms with Gasteiger partial charge in [0, 0.05) is 11.0 Å². The lowest BCUT2D eigenvalue weighted by Crippen LogP contribution is -2.23. The van der Waals surface area contributed by atoms with E-state index in [1.807, 2.05) is 44.2 Å². The zero-order valence-corrected chi connectivity index (χ0v) is 14.0. The van der Waals surface area contributed by atoms with Crippen LogP contribution in [0.1, 0.15) is 26.7 Å². The summed E-state index contributed by atoms with van der Waals surface area (Å²) in [7, 11) is 1.31. The predicted molar refractivity (Wildman–Crippen MR) is 87.7 cm³/mol. The Morgan fingerprint density at radius 2 is 1.95 bits per heavy atom. The van der Waals surface area contributed by atoms with Crippen LogP contribution in [0.3, 0.4) is 0 Å². The van der Waals surface area contributed by atoms with Crippen molar-refractivity contribution >= 4 is 23.7 Å². The Hall–Kier alpha value is -1.75. The molecule has 1 aromatic rings. The van der Waals surface area contributed by atoms with Crippen LogP contribution in [0.5, 0.6) is 0 Å². The number of esters is 2. The number of hydrogen-bond acceptors (Lipinski definition) is 5. The number of ether oxygens (including phenoxy) is 2. The molecule has 0 aromatic heterocycles. The average Bonchev–Trinajstić information content (AvgIpc) is 2.53. The molecule has 0 saturated carbocycles. The first-order chi connectivity index (χ1) is 10.6. The molecule has 0 aliphatic heterocycles. The van der Waals surface area contributed by atoms with E-state index in [2.05, 4.69) is 4.74 Å². The highest BCUT2D eigenvalue weighted by Gasteiger charge is 2.19. The van der Waals surface area contributed by atoms with Gasteiger partial charge in [-0.3, -0.25) is 4.79 Å². The Bertz CT molecular complexity index is 499. The summed E-state index contributed by atoms with van der Waals surface area (Å²) in [4.78, 5) is 24.3. The van der Waals surface area contributed by atoms with Crippen molar-refractivity contribution in [1.29, 1.82) is 0 Å². The molecule has 1 unspecified atom stereocenters. The van der Waals surface area contributed by atoms with E-state index in [4.69, 9.17) is 4.74 Å². The van der Waals surface area contributed by atoms with E-state index in [0.717, 1.165) is 11.3 Å². The average molecular weight is 322 g/mol. The Morgan fingerprint density at radius 3 is 2.55 bits per heavy atom. The zero-order valence-electron chi connectivity index (χ0n) is 13.2. The first-order valence-corrected chi connectivity index (χ1v) is 8.13. The van der Waals surface area contributed by atoms with Gasteiger partial charge in [-0.25, -0.2) is 4.79 Å². The Balaban J connectivity index is 2.58. The third-order valence-electron chi connectivity index (χ3n) is 2.88. The van der Waals surface area contributed by atoms with Gasteiger partial charge in [-0.1, -0.05) is 31.5 Å². The summed E-state index contributed by atoms with van der Waals surface area (Å²) < 4.78 is 10.0. The fourth-order valence-electron chi connectivity index (χ4n) is 1.73. The normalized spacial score (nSPS) is 13.6. The van der Waals surface area contributed by atoms with Crippen LogP contribution in [-0.4, -0.2) is 30.4 Å². The second kappa shape index (κ2) is 10.1. The summed E-state index contributed by atoms with van der Waals surface area (Å²) in [6.07, 6.45) is 3.98. The van der Waals surface area contributed by atoms with E-state index in [1.54, 1.807) is 6.08 Å². The number of rotatable bonds is 8. The Kier molecular flexibility index (Phi) is 8.36. The van der Waals surface area contributed by atoms with Gasteiger partial charge < -0.3 is 9.47 Å². The van der Waals surface area contributed by atoms with Gasteiger partial charge in [0.1, 0.15) is 11.4 Å². The van der Waals surface area contributed by atoms with Crippen LogP contribution >= 0.6 is 11.8 Å². The van der Waals surface area contributed by atoms with Crippen LogP contribution in [-0.2, 0) is 19.1 Å². The molecule has 0 spiro atoms. The summed E-state index contributed by atoms with van der Waals surface area (Å²) in [5, 5.41) is -0.312. The van der Waals surface area contributed by atoms with Crippen LogP contribution in [0.4, 0.5) is 0 Å². The third-order valence-corrected chi connectivity index (χ3v) is 3.97. The Labute approximate surface area is 135 Å². The van der Waals surface area contributed by atoms with E-state index in [-0.39, 0.29) is 11.2 Å². The van der Waals surface area contributed by atoms with E-state index in [1.165, 1.54) is 24.9 Å². The molecule has 22 heavy (non-hydrogen) atoms. The molecule has 1 rings (SSSR count). The van der Waals surface area contributed by atoms with Gasteiger partial charge in [-0.2, -0.15) is 0 Å². The minimum Gasteiger partial charge on any atom is -0.466 e. The zero-order chi connectivity index (χ0) is 16.4. The van der Waals surface area contributed by atoms with Crippen molar-refractivity contribution in [1.82, 2.24) is 0 Å². The van der Waals surface area contributed by atoms with Crippen LogP contribution in [0.25, 0.3) is 0 Å². The highest BCUT2D eigenvalue weighted by atomic mass is 32.2. The fourth-order valence-corrected chi connectivity index (χ4v) is 2.60. The van der Waals surface area contributed by atoms with Crippen LogP contribution < -0.4 is 0 Å². The Morgan fingerprint density at radius 1 is 1.27 bits per heavy atom. The van der Waals surface area contributed by atoms with E-state index < -0.39 is 12.1 Å². The van der Waals surface area contributed by atoms with Crippen molar-refractivity contribution in [3.05, 3.63) is 42.5 Å². The van der Waals surface area contributed by atoms with Crippen molar-refractivity contribution in [3.63, 3.8) is 0 Å². The summed E-state index contributed by atoms with van der Waals surface area (Å²) in [6, 6.07) is 9.70. The van der Waals surface area contributed by atoms with Gasteiger partial charge in [0.05, 0.1) is 7.11 Å². The van der Waals surface area contributed by atoms with E-state index >= 15 is 0 Å². The number of hydrogen-bond donors (Lipinski definition) is 0. The fraction of sp³-hybridized carbons (Fsp3) is 0.412. The van der Waals surface area contributed by atoms with Crippen LogP contribution in [0.15, 0.2) is 47.4 Å². The van der Waals surface area contributed by atoms with E-state index in [9.17, 15) is 9.59 Å². The lowest BCUT2D eigenvalue weighted by Gasteiger charge is -2.17. The molecule has 120 valence electrons. The van der Waals surface area contributed by atoms with Gasteiger partial charge in [0.15, 0.2) is 0 Å². The van der Waals surface area contributed by atoms with E-state index in [0.29, 0.717) is 6.42 Å². The molecule has 0 fully saturated rings. The maximum Gasteiger partial charge on any atom is 0.330 e. The second-order valence-electron chi connectivity index (χ2n) is 4.72. The SMILES string of the molecule is CCC[C@H](/C=C/C(=O)OC)OC(=O)C(C)Sc1ccccc1. The maximum absolute atomic E-state index is 12.2. The third kappa shape index (κ3) is 6.80. The summed E-state index contributed by atoms with van der Waals surface area (Å²) in [5.41, 5.74) is 0. The summed E-state index contributed by atoms with van der Waals surface area (Å²) >= 11 is 1.45. The lowest BCUT2D eigenvalue weighted by atomic mass is 10.2. The number of carbonyl (C=O) groups excluding carboxylic acids is 2. The van der Waals surface area contributed by atoms with Crippen molar-refractivity contribution in [2.75, 3.05) is 7.11 Å². The standard InChI is InChI=1S/C17H22O4S/c1-4-8-14(11-12-16(18)20-3)21-17(19)13(2)22-15-9-6-5-7-10-15/h5-7,9-14H,4,8H2,1-3H3/b12-11+/t13?,14-/m1/s1. The molecule has 0 N–H and O–H groups in total. The molecule has 0 heterocycles. The van der Waals surface area contributed by atoms with Gasteiger partial charge in [0.2, 0.25) is 0 Å². The molecule has 0 aliphatic rings. The second-order valence-corrected chi connectivity index (χ2v) is 6.13. The maximum atomic E-state index is 12.2. The van der Waals surface area contributed by atoms with Gasteiger partial charge in [-0.05, 0) is 31.6 Å². The minimum absolute atomic E-state index is 0.290. The molecule has 0 amide bonds. The number of benzene rings is 1. The number of methoxy groups -OCH3 is 1. The largest absolute Gasteiger partial charge is 0.466 e. The van der Waals surface area contributed by atoms with Crippen molar-refractivity contribution < 1.29 is 19.1 Å². The topological polar surface area (TPSA) is 52.6 Å². The van der Waals surface area contributed by atoms with Crippen molar-refractivity contribution in [2.24, 2.45) is 0 Å². The smallest absolute Gasteiger partial charge is 0.330 e. The molecule has 1 aromatic carbocycles. The van der Waals surface area contributed by atoms with Gasteiger partial charge in [0.25, 0.3) is 0 Å². The molecule has 0 bridgehead atoms. The monoisotopic (exact) mass is 322 g/mol. The molecule has 0 saturated heterocycles. The first-order valence-electron chi connectivity index (χ1n) is 7.25. The molecule has 0 radical (unpaired) electrons. The summed E-state index contributed by atoms with van der Waals surface area (Å²) in [6.45, 7) is 3.81. The molecular formula is C17H22O4S. The molecule has 2 atom stereocenters. The number of thioether (sulfide) groups is 1. The predicted octanol–water partition coefficient (Wildman–Crippen LogP) is 3.61. The van der Waals surface area contributed by atoms with Crippen LogP contribution in [0.2, 0.25) is 0 Å². The molecular weight excluding hydrogens is 300 g/mol. The minimum atomic E-state index is -0.455.